The van der Waals surface area contributed by atoms with E-state index < -0.39 is 0 Å². The van der Waals surface area contributed by atoms with Gasteiger partial charge < -0.3 is 14.9 Å². The zero-order valence-corrected chi connectivity index (χ0v) is 14.9. The van der Waals surface area contributed by atoms with E-state index in [2.05, 4.69) is 17.1 Å². The van der Waals surface area contributed by atoms with Gasteiger partial charge in [-0.05, 0) is 55.5 Å². The monoisotopic (exact) mass is 358 g/mol. The van der Waals surface area contributed by atoms with E-state index in [0.717, 1.165) is 41.5 Å². The first kappa shape index (κ1) is 17.9. The normalized spacial score (nSPS) is 20.4. The number of rotatable bonds is 4. The summed E-state index contributed by atoms with van der Waals surface area (Å²) in [5.74, 6) is 0.655. The van der Waals surface area contributed by atoms with Crippen LogP contribution in [0.15, 0.2) is 52.9 Å². The van der Waals surface area contributed by atoms with Crippen LogP contribution in [0.2, 0.25) is 0 Å². The number of aromatic nitrogens is 1. The van der Waals surface area contributed by atoms with Crippen molar-refractivity contribution in [3.8, 4) is 11.5 Å². The van der Waals surface area contributed by atoms with Gasteiger partial charge in [0.25, 0.3) is 0 Å². The Hall–Kier alpha value is -1.88. The summed E-state index contributed by atoms with van der Waals surface area (Å²) >= 11 is 0. The van der Waals surface area contributed by atoms with Crippen LogP contribution in [-0.4, -0.2) is 17.1 Å². The molecule has 0 spiro atoms. The lowest BCUT2D eigenvalue weighted by molar-refractivity contribution is 0.0123. The minimum atomic E-state index is 0. The quantitative estimate of drug-likeness (QED) is 0.734. The first-order valence-electron chi connectivity index (χ1n) is 8.60. The van der Waals surface area contributed by atoms with Gasteiger partial charge in [-0.2, -0.15) is 0 Å². The molecular formula is C20H23ClN2O2. The van der Waals surface area contributed by atoms with E-state index in [1.807, 2.05) is 36.4 Å². The molecule has 0 amide bonds. The SMILES string of the molecule is Cl.N[C@H]1CCC[C@@H](OCc2ccc(-c3nc4ccccc4o3)cc2)C1. The number of hydrogen-bond donors (Lipinski definition) is 1. The van der Waals surface area contributed by atoms with Crippen molar-refractivity contribution in [2.24, 2.45) is 5.73 Å². The lowest BCUT2D eigenvalue weighted by Gasteiger charge is -2.26. The van der Waals surface area contributed by atoms with Gasteiger partial charge in [-0.25, -0.2) is 4.98 Å². The van der Waals surface area contributed by atoms with Crippen molar-refractivity contribution < 1.29 is 9.15 Å². The Morgan fingerprint density at radius 3 is 2.64 bits per heavy atom. The Bertz CT molecular complexity index is 783. The van der Waals surface area contributed by atoms with Crippen LogP contribution in [0.25, 0.3) is 22.6 Å². The maximum absolute atomic E-state index is 6.01. The van der Waals surface area contributed by atoms with Crippen LogP contribution >= 0.6 is 12.4 Å². The molecule has 1 aliphatic rings. The number of halogens is 1. The highest BCUT2D eigenvalue weighted by Gasteiger charge is 2.19. The van der Waals surface area contributed by atoms with Gasteiger partial charge in [-0.1, -0.05) is 24.3 Å². The van der Waals surface area contributed by atoms with Gasteiger partial charge in [0.2, 0.25) is 5.89 Å². The average Bonchev–Trinajstić information content (AvgIpc) is 3.05. The van der Waals surface area contributed by atoms with Gasteiger partial charge in [-0.15, -0.1) is 12.4 Å². The number of oxazole rings is 1. The zero-order chi connectivity index (χ0) is 16.4. The molecule has 0 unspecified atom stereocenters. The van der Waals surface area contributed by atoms with Crippen LogP contribution in [0, 0.1) is 0 Å². The lowest BCUT2D eigenvalue weighted by Crippen LogP contribution is -2.32. The number of ether oxygens (including phenoxy) is 1. The van der Waals surface area contributed by atoms with Gasteiger partial charge >= 0.3 is 0 Å². The predicted molar refractivity (Wildman–Crippen MR) is 102 cm³/mol. The zero-order valence-electron chi connectivity index (χ0n) is 14.1. The van der Waals surface area contributed by atoms with E-state index in [4.69, 9.17) is 14.9 Å². The Kier molecular flexibility index (Phi) is 5.74. The lowest BCUT2D eigenvalue weighted by atomic mass is 9.93. The molecule has 4 rings (SSSR count). The molecule has 1 saturated carbocycles. The molecule has 132 valence electrons. The molecule has 2 atom stereocenters. The van der Waals surface area contributed by atoms with Crippen molar-refractivity contribution in [1.29, 1.82) is 0 Å². The molecule has 1 heterocycles. The number of nitrogens with two attached hydrogens (primary N) is 1. The molecule has 0 bridgehead atoms. The predicted octanol–water partition coefficient (Wildman–Crippen LogP) is 4.70. The van der Waals surface area contributed by atoms with Crippen molar-refractivity contribution in [2.75, 3.05) is 0 Å². The second-order valence-corrected chi connectivity index (χ2v) is 6.54. The summed E-state index contributed by atoms with van der Waals surface area (Å²) in [4.78, 5) is 4.53. The number of para-hydroxylation sites is 2. The number of hydrogen-bond acceptors (Lipinski definition) is 4. The van der Waals surface area contributed by atoms with E-state index in [0.29, 0.717) is 24.6 Å². The Balaban J connectivity index is 0.00000182. The maximum atomic E-state index is 6.01. The maximum Gasteiger partial charge on any atom is 0.227 e. The van der Waals surface area contributed by atoms with Gasteiger partial charge in [0, 0.05) is 11.6 Å². The second-order valence-electron chi connectivity index (χ2n) is 6.54. The molecule has 0 radical (unpaired) electrons. The highest BCUT2D eigenvalue weighted by atomic mass is 35.5. The van der Waals surface area contributed by atoms with Crippen LogP contribution in [0.3, 0.4) is 0 Å². The summed E-state index contributed by atoms with van der Waals surface area (Å²) in [6, 6.07) is 16.3. The molecule has 3 aromatic rings. The molecule has 25 heavy (non-hydrogen) atoms. The number of nitrogens with zero attached hydrogens (tertiary/aromatic N) is 1. The van der Waals surface area contributed by atoms with Gasteiger partial charge in [0.15, 0.2) is 5.58 Å². The molecule has 2 N–H and O–H groups in total. The Morgan fingerprint density at radius 1 is 1.08 bits per heavy atom. The summed E-state index contributed by atoms with van der Waals surface area (Å²) in [6.07, 6.45) is 4.68. The van der Waals surface area contributed by atoms with Crippen LogP contribution in [-0.2, 0) is 11.3 Å². The van der Waals surface area contributed by atoms with Crippen molar-refractivity contribution in [2.45, 2.75) is 44.4 Å². The standard InChI is InChI=1S/C20H22N2O2.ClH/c21-16-4-3-5-17(12-16)23-13-14-8-10-15(11-9-14)20-22-18-6-1-2-7-19(18)24-20;/h1-2,6-11,16-17H,3-5,12-13,21H2;1H/t16-,17+;/m0./s1. The molecule has 0 saturated heterocycles. The van der Waals surface area contributed by atoms with Crippen LogP contribution in [0.5, 0.6) is 0 Å². The van der Waals surface area contributed by atoms with Crippen molar-refractivity contribution in [3.05, 3.63) is 54.1 Å². The minimum absolute atomic E-state index is 0. The molecule has 4 nitrogen and oxygen atoms in total. The molecule has 1 aromatic heterocycles. The molecule has 1 fully saturated rings. The summed E-state index contributed by atoms with van der Waals surface area (Å²) in [7, 11) is 0. The highest BCUT2D eigenvalue weighted by molar-refractivity contribution is 5.85. The Morgan fingerprint density at radius 2 is 1.88 bits per heavy atom. The fourth-order valence-electron chi connectivity index (χ4n) is 3.29. The Labute approximate surface area is 153 Å². The first-order valence-corrected chi connectivity index (χ1v) is 8.60. The van der Waals surface area contributed by atoms with Gasteiger partial charge in [0.05, 0.1) is 12.7 Å². The third-order valence-electron chi connectivity index (χ3n) is 4.65. The van der Waals surface area contributed by atoms with Crippen molar-refractivity contribution in [1.82, 2.24) is 4.98 Å². The number of fused-ring (bicyclic) bond motifs is 1. The van der Waals surface area contributed by atoms with Crippen LogP contribution in [0.4, 0.5) is 0 Å². The van der Waals surface area contributed by atoms with E-state index in [1.54, 1.807) is 0 Å². The second kappa shape index (κ2) is 8.00. The van der Waals surface area contributed by atoms with Gasteiger partial charge in [0.1, 0.15) is 5.52 Å². The minimum Gasteiger partial charge on any atom is -0.436 e. The average molecular weight is 359 g/mol. The van der Waals surface area contributed by atoms with E-state index in [9.17, 15) is 0 Å². The van der Waals surface area contributed by atoms with E-state index >= 15 is 0 Å². The van der Waals surface area contributed by atoms with Crippen LogP contribution in [0.1, 0.15) is 31.2 Å². The molecule has 5 heteroatoms. The highest BCUT2D eigenvalue weighted by Crippen LogP contribution is 2.25. The van der Waals surface area contributed by atoms with E-state index in [-0.39, 0.29) is 12.4 Å². The smallest absolute Gasteiger partial charge is 0.227 e. The molecule has 0 aliphatic heterocycles. The van der Waals surface area contributed by atoms with Crippen molar-refractivity contribution >= 4 is 23.5 Å². The summed E-state index contributed by atoms with van der Waals surface area (Å²) in [5, 5.41) is 0. The number of benzene rings is 2. The molecule has 2 aromatic carbocycles. The van der Waals surface area contributed by atoms with Gasteiger partial charge in [-0.3, -0.25) is 0 Å². The van der Waals surface area contributed by atoms with Crippen molar-refractivity contribution in [3.63, 3.8) is 0 Å². The summed E-state index contributed by atoms with van der Waals surface area (Å²) in [6.45, 7) is 0.630. The third-order valence-corrected chi connectivity index (χ3v) is 4.65. The topological polar surface area (TPSA) is 61.3 Å². The first-order chi connectivity index (χ1) is 11.8. The molecule has 1 aliphatic carbocycles. The fourth-order valence-corrected chi connectivity index (χ4v) is 3.29. The van der Waals surface area contributed by atoms with Crippen LogP contribution < -0.4 is 5.73 Å². The fraction of sp³-hybridized carbons (Fsp3) is 0.350. The molecular weight excluding hydrogens is 336 g/mol. The largest absolute Gasteiger partial charge is 0.436 e. The summed E-state index contributed by atoms with van der Waals surface area (Å²) < 4.78 is 11.8. The summed E-state index contributed by atoms with van der Waals surface area (Å²) in [5.41, 5.74) is 9.85. The van der Waals surface area contributed by atoms with E-state index in [1.165, 1.54) is 6.42 Å². The third kappa shape index (κ3) is 4.21.